The van der Waals surface area contributed by atoms with Crippen LogP contribution in [-0.4, -0.2) is 20.1 Å². The van der Waals surface area contributed by atoms with Gasteiger partial charge in [-0.1, -0.05) is 18.2 Å². The van der Waals surface area contributed by atoms with E-state index >= 15 is 4.39 Å². The van der Waals surface area contributed by atoms with Crippen molar-refractivity contribution in [2.24, 2.45) is 0 Å². The smallest absolute Gasteiger partial charge is 0.371 e. The number of nitrogen functional groups attached to an aromatic ring is 1. The van der Waals surface area contributed by atoms with Crippen molar-refractivity contribution in [3.05, 3.63) is 70.4 Å². The molecule has 0 bridgehead atoms. The fourth-order valence-corrected chi connectivity index (χ4v) is 4.93. The third-order valence-electron chi connectivity index (χ3n) is 4.82. The quantitative estimate of drug-likeness (QED) is 0.348. The number of nitrogens with one attached hydrogen (secondary N) is 1. The Kier molecular flexibility index (Phi) is 6.43. The van der Waals surface area contributed by atoms with Gasteiger partial charge in [-0.15, -0.1) is 0 Å². The molecule has 3 rings (SSSR count). The molecule has 0 saturated heterocycles. The highest BCUT2D eigenvalue weighted by Crippen LogP contribution is 2.64. The molecule has 9 heteroatoms. The second-order valence-corrected chi connectivity index (χ2v) is 10.0. The van der Waals surface area contributed by atoms with Crippen LogP contribution in [0.2, 0.25) is 0 Å². The third kappa shape index (κ3) is 4.18. The molecule has 1 aromatic heterocycles. The molecule has 1 unspecified atom stereocenters. The van der Waals surface area contributed by atoms with E-state index in [4.69, 9.17) is 14.8 Å². The van der Waals surface area contributed by atoms with Crippen LogP contribution >= 0.6 is 18.9 Å². The van der Waals surface area contributed by atoms with Gasteiger partial charge in [0, 0.05) is 25.3 Å². The second-order valence-electron chi connectivity index (χ2n) is 6.66. The highest BCUT2D eigenvalue weighted by molar-refractivity contribution is 7.54. The van der Waals surface area contributed by atoms with Crippen molar-refractivity contribution in [1.29, 1.82) is 0 Å². The van der Waals surface area contributed by atoms with Gasteiger partial charge >= 0.3 is 7.60 Å². The first-order chi connectivity index (χ1) is 14.2. The molecule has 0 fully saturated rings. The Morgan fingerprint density at radius 2 is 1.77 bits per heavy atom. The largest absolute Gasteiger partial charge is 0.397 e. The molecule has 158 valence electrons. The van der Waals surface area contributed by atoms with Crippen molar-refractivity contribution in [3.63, 3.8) is 0 Å². The lowest BCUT2D eigenvalue weighted by Crippen LogP contribution is -2.19. The fourth-order valence-electron chi connectivity index (χ4n) is 2.97. The number of alkyl halides is 1. The lowest BCUT2D eigenvalue weighted by atomic mass is 10.1. The number of benzene rings is 2. The van der Waals surface area contributed by atoms with Gasteiger partial charge in [-0.05, 0) is 59.1 Å². The van der Waals surface area contributed by atoms with Crippen molar-refractivity contribution in [2.45, 2.75) is 12.3 Å². The van der Waals surface area contributed by atoms with Crippen molar-refractivity contribution < 1.29 is 22.8 Å². The number of anilines is 2. The molecule has 2 aromatic carbocycles. The number of hydrogen-bond acceptors (Lipinski definition) is 6. The molecule has 1 amide bonds. The van der Waals surface area contributed by atoms with E-state index in [0.29, 0.717) is 16.9 Å². The fraction of sp³-hybridized carbons (Fsp3) is 0.190. The Bertz CT molecular complexity index is 1080. The summed E-state index contributed by atoms with van der Waals surface area (Å²) in [4.78, 5) is 12.7. The van der Waals surface area contributed by atoms with Crippen LogP contribution in [0.1, 0.15) is 22.8 Å². The van der Waals surface area contributed by atoms with Gasteiger partial charge in [0.2, 0.25) is 5.41 Å². The molecule has 3 N–H and O–H groups in total. The van der Waals surface area contributed by atoms with Crippen LogP contribution in [0.25, 0.3) is 11.1 Å². The maximum Gasteiger partial charge on any atom is 0.371 e. The molecular weight excluding hydrogens is 426 g/mol. The summed E-state index contributed by atoms with van der Waals surface area (Å²) in [6.07, 6.45) is 0. The average Bonchev–Trinajstić information content (AvgIpc) is 3.29. The Morgan fingerprint density at radius 3 is 2.33 bits per heavy atom. The minimum absolute atomic E-state index is 0.0741. The monoisotopic (exact) mass is 448 g/mol. The molecule has 0 aliphatic rings. The topological polar surface area (TPSA) is 90.6 Å². The van der Waals surface area contributed by atoms with Crippen LogP contribution in [-0.2, 0) is 19.0 Å². The molecule has 1 atom stereocenters. The molecule has 0 aliphatic heterocycles. The Labute approximate surface area is 178 Å². The predicted octanol–water partition coefficient (Wildman–Crippen LogP) is 5.88. The zero-order valence-electron chi connectivity index (χ0n) is 16.7. The Hall–Kier alpha value is -2.51. The Morgan fingerprint density at radius 1 is 1.10 bits per heavy atom. The molecule has 0 spiro atoms. The van der Waals surface area contributed by atoms with E-state index in [9.17, 15) is 9.36 Å². The highest BCUT2D eigenvalue weighted by Gasteiger charge is 2.48. The number of carbonyl (C=O) groups excluding carboxylic acids is 1. The number of nitrogens with two attached hydrogens (primary N) is 1. The van der Waals surface area contributed by atoms with E-state index in [1.807, 2.05) is 22.9 Å². The first-order valence-electron chi connectivity index (χ1n) is 8.96. The van der Waals surface area contributed by atoms with Gasteiger partial charge in [0.15, 0.2) is 0 Å². The molecule has 0 saturated carbocycles. The number of rotatable bonds is 7. The Balaban J connectivity index is 1.82. The van der Waals surface area contributed by atoms with Crippen LogP contribution in [0.4, 0.5) is 15.8 Å². The molecule has 3 aromatic rings. The molecule has 30 heavy (non-hydrogen) atoms. The van der Waals surface area contributed by atoms with Crippen molar-refractivity contribution in [2.75, 3.05) is 25.3 Å². The number of thiophene rings is 1. The zero-order chi connectivity index (χ0) is 21.9. The van der Waals surface area contributed by atoms with E-state index in [2.05, 4.69) is 5.32 Å². The summed E-state index contributed by atoms with van der Waals surface area (Å²) in [5.41, 5.74) is 9.24. The standard InChI is InChI=1S/C21H22FN2O4PS/c1-21(22,29(26,27-2)28-3)17-7-4-14(5-8-17)20(25)24-19-12-15(6-9-18(19)23)16-10-11-30-13-16/h4-13H,23H2,1-3H3,(H,24,25). The minimum atomic E-state index is -4.02. The normalized spacial score (nSPS) is 13.6. The number of amides is 1. The van der Waals surface area contributed by atoms with Crippen LogP contribution < -0.4 is 11.1 Å². The summed E-state index contributed by atoms with van der Waals surface area (Å²) in [5.74, 6) is -0.405. The summed E-state index contributed by atoms with van der Waals surface area (Å²) in [5, 5.41) is 4.38. The van der Waals surface area contributed by atoms with E-state index in [1.54, 1.807) is 23.5 Å². The average molecular weight is 448 g/mol. The van der Waals surface area contributed by atoms with Crippen LogP contribution in [0.5, 0.6) is 0 Å². The second kappa shape index (κ2) is 8.70. The molecule has 6 nitrogen and oxygen atoms in total. The predicted molar refractivity (Wildman–Crippen MR) is 119 cm³/mol. The lowest BCUT2D eigenvalue weighted by Gasteiger charge is -2.27. The van der Waals surface area contributed by atoms with Gasteiger partial charge in [-0.25, -0.2) is 4.39 Å². The van der Waals surface area contributed by atoms with E-state index in [0.717, 1.165) is 32.3 Å². The van der Waals surface area contributed by atoms with Gasteiger partial charge in [0.25, 0.3) is 5.91 Å². The first kappa shape index (κ1) is 22.2. The van der Waals surface area contributed by atoms with E-state index in [1.165, 1.54) is 24.3 Å². The van der Waals surface area contributed by atoms with Crippen LogP contribution in [0.3, 0.4) is 0 Å². The van der Waals surface area contributed by atoms with Crippen molar-refractivity contribution in [1.82, 2.24) is 0 Å². The minimum Gasteiger partial charge on any atom is -0.397 e. The van der Waals surface area contributed by atoms with Gasteiger partial charge in [-0.2, -0.15) is 11.3 Å². The molecule has 0 aliphatic carbocycles. The SMILES string of the molecule is COP(=O)(OC)C(C)(F)c1ccc(C(=O)Nc2cc(-c3ccsc3)ccc2N)cc1. The summed E-state index contributed by atoms with van der Waals surface area (Å²) in [7, 11) is -1.77. The third-order valence-corrected chi connectivity index (χ3v) is 7.76. The highest BCUT2D eigenvalue weighted by atomic mass is 32.1. The van der Waals surface area contributed by atoms with Gasteiger partial charge in [0.1, 0.15) is 0 Å². The van der Waals surface area contributed by atoms with E-state index in [-0.39, 0.29) is 5.56 Å². The lowest BCUT2D eigenvalue weighted by molar-refractivity contribution is 0.102. The van der Waals surface area contributed by atoms with Gasteiger partial charge in [0.05, 0.1) is 11.4 Å². The zero-order valence-corrected chi connectivity index (χ0v) is 18.4. The van der Waals surface area contributed by atoms with E-state index < -0.39 is 18.9 Å². The molecule has 0 radical (unpaired) electrons. The summed E-state index contributed by atoms with van der Waals surface area (Å²) in [6, 6.07) is 13.0. The van der Waals surface area contributed by atoms with Gasteiger partial charge in [-0.3, -0.25) is 9.36 Å². The van der Waals surface area contributed by atoms with Crippen LogP contribution in [0, 0.1) is 0 Å². The van der Waals surface area contributed by atoms with Crippen molar-refractivity contribution >= 4 is 36.2 Å². The maximum atomic E-state index is 15.2. The maximum absolute atomic E-state index is 15.2. The number of carbonyl (C=O) groups is 1. The molecular formula is C21H22FN2O4PS. The summed E-state index contributed by atoms with van der Waals surface area (Å²) in [6.45, 7) is 1.12. The van der Waals surface area contributed by atoms with Gasteiger partial charge < -0.3 is 20.1 Å². The van der Waals surface area contributed by atoms with Crippen molar-refractivity contribution in [3.8, 4) is 11.1 Å². The van der Waals surface area contributed by atoms with Crippen LogP contribution in [0.15, 0.2) is 59.3 Å². The molecule has 1 heterocycles. The summed E-state index contributed by atoms with van der Waals surface area (Å²) >= 11 is 1.58. The summed E-state index contributed by atoms with van der Waals surface area (Å²) < 4.78 is 37.2. The first-order valence-corrected chi connectivity index (χ1v) is 11.4. The number of hydrogen-bond donors (Lipinski definition) is 2. The number of halogens is 1.